The third-order valence-corrected chi connectivity index (χ3v) is 6.91. The number of carboxylic acids is 2. The molecule has 4 aromatic rings. The first-order valence-corrected chi connectivity index (χ1v) is 12.2. The molecule has 0 aliphatic rings. The van der Waals surface area contributed by atoms with E-state index in [1.165, 1.54) is 11.8 Å². The number of unbranched alkanes of at least 4 members (excludes halogenated alkanes) is 1. The Labute approximate surface area is 202 Å². The molecule has 0 saturated heterocycles. The first kappa shape index (κ1) is 23.6. The van der Waals surface area contributed by atoms with Gasteiger partial charge in [-0.05, 0) is 41.0 Å². The smallest absolute Gasteiger partial charge is 0.336 e. The van der Waals surface area contributed by atoms with Crippen LogP contribution in [0.3, 0.4) is 0 Å². The second kappa shape index (κ2) is 10.6. The summed E-state index contributed by atoms with van der Waals surface area (Å²) in [5.41, 5.74) is 2.62. The molecule has 2 N–H and O–H groups in total. The molecule has 1 aromatic heterocycles. The van der Waals surface area contributed by atoms with Crippen LogP contribution >= 0.6 is 11.8 Å². The van der Waals surface area contributed by atoms with Crippen molar-refractivity contribution in [1.82, 2.24) is 9.55 Å². The van der Waals surface area contributed by atoms with Gasteiger partial charge in [0.05, 0.1) is 17.0 Å². The van der Waals surface area contributed by atoms with E-state index in [2.05, 4.69) is 16.5 Å². The molecule has 4 rings (SSSR count). The molecular formula is C27H26N2O4S. The van der Waals surface area contributed by atoms with Crippen LogP contribution in [0.25, 0.3) is 10.8 Å². The number of benzene rings is 3. The van der Waals surface area contributed by atoms with E-state index in [-0.39, 0.29) is 5.56 Å². The number of aryl methyl sites for hydroxylation is 1. The summed E-state index contributed by atoms with van der Waals surface area (Å²) >= 11 is 1.48. The molecule has 0 aliphatic carbocycles. The van der Waals surface area contributed by atoms with Gasteiger partial charge in [0, 0.05) is 29.6 Å². The van der Waals surface area contributed by atoms with E-state index in [9.17, 15) is 19.8 Å². The minimum atomic E-state index is -0.942. The predicted octanol–water partition coefficient (Wildman–Crippen LogP) is 6.12. The number of hydrogen-bond donors (Lipinski definition) is 2. The Bertz CT molecular complexity index is 1350. The zero-order valence-corrected chi connectivity index (χ0v) is 19.7. The second-order valence-corrected chi connectivity index (χ2v) is 9.06. The quantitative estimate of drug-likeness (QED) is 0.269. The third kappa shape index (κ3) is 4.99. The van der Waals surface area contributed by atoms with Crippen molar-refractivity contribution in [3.63, 3.8) is 0 Å². The molecule has 34 heavy (non-hydrogen) atoms. The van der Waals surface area contributed by atoms with Crippen molar-refractivity contribution in [2.75, 3.05) is 0 Å². The average molecular weight is 475 g/mol. The van der Waals surface area contributed by atoms with E-state index in [1.807, 2.05) is 48.7 Å². The molecular weight excluding hydrogens is 448 g/mol. The largest absolute Gasteiger partial charge is 0.478 e. The molecule has 0 fully saturated rings. The number of carbonyl (C=O) groups is 2. The predicted molar refractivity (Wildman–Crippen MR) is 134 cm³/mol. The molecule has 174 valence electrons. The summed E-state index contributed by atoms with van der Waals surface area (Å²) in [7, 11) is 0. The monoisotopic (exact) mass is 474 g/mol. The molecule has 6 nitrogen and oxygen atoms in total. The van der Waals surface area contributed by atoms with Gasteiger partial charge in [-0.3, -0.25) is 0 Å². The van der Waals surface area contributed by atoms with Gasteiger partial charge >= 0.3 is 11.9 Å². The van der Waals surface area contributed by atoms with Gasteiger partial charge in [-0.15, -0.1) is 11.8 Å². The molecule has 0 radical (unpaired) electrons. The molecule has 0 spiro atoms. The second-order valence-electron chi connectivity index (χ2n) is 8.07. The fourth-order valence-corrected chi connectivity index (χ4v) is 5.16. The summed E-state index contributed by atoms with van der Waals surface area (Å²) < 4.78 is 2.17. The summed E-state index contributed by atoms with van der Waals surface area (Å²) in [6.07, 6.45) is 5.40. The molecule has 7 heteroatoms. The number of hydrogen-bond acceptors (Lipinski definition) is 4. The van der Waals surface area contributed by atoms with E-state index >= 15 is 0 Å². The maximum Gasteiger partial charge on any atom is 0.336 e. The first-order valence-electron chi connectivity index (χ1n) is 11.2. The van der Waals surface area contributed by atoms with Crippen molar-refractivity contribution in [3.8, 4) is 0 Å². The maximum absolute atomic E-state index is 11.7. The van der Waals surface area contributed by atoms with Crippen LogP contribution in [0.15, 0.2) is 71.8 Å². The van der Waals surface area contributed by atoms with Crippen LogP contribution in [0, 0.1) is 0 Å². The van der Waals surface area contributed by atoms with Crippen LogP contribution in [0.5, 0.6) is 0 Å². The van der Waals surface area contributed by atoms with E-state index in [1.54, 1.807) is 18.2 Å². The summed E-state index contributed by atoms with van der Waals surface area (Å²) in [5, 5.41) is 20.7. The van der Waals surface area contributed by atoms with Crippen LogP contribution in [0.4, 0.5) is 0 Å². The topological polar surface area (TPSA) is 92.4 Å². The molecule has 0 atom stereocenters. The number of carboxylic acid groups (broad SMARTS) is 2. The van der Waals surface area contributed by atoms with E-state index in [0.29, 0.717) is 22.8 Å². The van der Waals surface area contributed by atoms with Crippen LogP contribution in [-0.4, -0.2) is 31.7 Å². The average Bonchev–Trinajstić information content (AvgIpc) is 3.22. The van der Waals surface area contributed by atoms with E-state index in [4.69, 9.17) is 0 Å². The van der Waals surface area contributed by atoms with Crippen molar-refractivity contribution in [2.24, 2.45) is 0 Å². The van der Waals surface area contributed by atoms with Crippen LogP contribution < -0.4 is 0 Å². The highest BCUT2D eigenvalue weighted by molar-refractivity contribution is 7.98. The number of nitrogens with zero attached hydrogens (tertiary/aromatic N) is 2. The van der Waals surface area contributed by atoms with Gasteiger partial charge in [0.2, 0.25) is 0 Å². The summed E-state index contributed by atoms with van der Waals surface area (Å²) in [6, 6.07) is 18.1. The van der Waals surface area contributed by atoms with Gasteiger partial charge in [0.1, 0.15) is 5.82 Å². The lowest BCUT2D eigenvalue weighted by Gasteiger charge is -2.14. The summed E-state index contributed by atoms with van der Waals surface area (Å²) in [5.74, 6) is -0.360. The van der Waals surface area contributed by atoms with Gasteiger partial charge in [-0.25, -0.2) is 14.6 Å². The number of aromatic carboxylic acids is 2. The standard InChI is InChI=1S/C27H26N2O4S/c1-2-3-12-25-28-16-19(29(25)17-34-24-11-7-6-10-23(24)27(32)33)15-18-13-14-22(26(30)31)21-9-5-4-8-20(18)21/h4-11,13-14,16H,2-3,12,15,17H2,1H3,(H,30,31)(H,32,33). The molecule has 1 heterocycles. The Hall–Kier alpha value is -3.58. The highest BCUT2D eigenvalue weighted by Crippen LogP contribution is 2.29. The van der Waals surface area contributed by atoms with Crippen LogP contribution in [0.2, 0.25) is 0 Å². The van der Waals surface area contributed by atoms with Crippen molar-refractivity contribution in [3.05, 3.63) is 95.1 Å². The number of rotatable bonds is 10. The fraction of sp³-hybridized carbons (Fsp3) is 0.222. The maximum atomic E-state index is 11.7. The summed E-state index contributed by atoms with van der Waals surface area (Å²) in [4.78, 5) is 28.7. The molecule has 0 aliphatic heterocycles. The Morgan fingerprint density at radius 1 is 0.912 bits per heavy atom. The normalized spacial score (nSPS) is 11.1. The zero-order valence-electron chi connectivity index (χ0n) is 18.9. The van der Waals surface area contributed by atoms with Crippen molar-refractivity contribution < 1.29 is 19.8 Å². The highest BCUT2D eigenvalue weighted by atomic mass is 32.2. The Morgan fingerprint density at radius 2 is 1.62 bits per heavy atom. The molecule has 3 aromatic carbocycles. The van der Waals surface area contributed by atoms with Gasteiger partial charge in [-0.2, -0.15) is 0 Å². The number of aromatic nitrogens is 2. The van der Waals surface area contributed by atoms with Crippen molar-refractivity contribution >= 4 is 34.5 Å². The lowest BCUT2D eigenvalue weighted by Crippen LogP contribution is -2.08. The van der Waals surface area contributed by atoms with Crippen LogP contribution in [0.1, 0.15) is 57.6 Å². The van der Waals surface area contributed by atoms with Gasteiger partial charge in [0.15, 0.2) is 0 Å². The zero-order chi connectivity index (χ0) is 24.1. The first-order chi connectivity index (χ1) is 16.5. The Morgan fingerprint density at radius 3 is 2.35 bits per heavy atom. The fourth-order valence-electron chi connectivity index (χ4n) is 4.09. The Balaban J connectivity index is 1.69. The summed E-state index contributed by atoms with van der Waals surface area (Å²) in [6.45, 7) is 2.14. The van der Waals surface area contributed by atoms with Gasteiger partial charge in [0.25, 0.3) is 0 Å². The van der Waals surface area contributed by atoms with Gasteiger partial charge < -0.3 is 14.8 Å². The minimum Gasteiger partial charge on any atom is -0.478 e. The van der Waals surface area contributed by atoms with E-state index < -0.39 is 11.9 Å². The number of imidazole rings is 1. The number of thioether (sulfide) groups is 1. The van der Waals surface area contributed by atoms with Crippen molar-refractivity contribution in [2.45, 2.75) is 43.4 Å². The molecule has 0 bridgehead atoms. The Kier molecular flexibility index (Phi) is 7.33. The lowest BCUT2D eigenvalue weighted by atomic mass is 9.97. The molecule has 0 amide bonds. The van der Waals surface area contributed by atoms with Crippen molar-refractivity contribution in [1.29, 1.82) is 0 Å². The SMILES string of the molecule is CCCCc1ncc(Cc2ccc(C(=O)O)c3ccccc23)n1CSc1ccccc1C(=O)O. The minimum absolute atomic E-state index is 0.289. The van der Waals surface area contributed by atoms with Gasteiger partial charge in [-0.1, -0.05) is 55.8 Å². The third-order valence-electron chi connectivity index (χ3n) is 5.86. The number of fused-ring (bicyclic) bond motifs is 1. The highest BCUT2D eigenvalue weighted by Gasteiger charge is 2.16. The molecule has 0 saturated carbocycles. The van der Waals surface area contributed by atoms with Crippen LogP contribution in [-0.2, 0) is 18.7 Å². The van der Waals surface area contributed by atoms with E-state index in [0.717, 1.165) is 47.1 Å². The molecule has 0 unspecified atom stereocenters. The lowest BCUT2D eigenvalue weighted by molar-refractivity contribution is 0.0685.